The zero-order chi connectivity index (χ0) is 13.2. The van der Waals surface area contributed by atoms with Crippen LogP contribution < -0.4 is 16.2 Å². The van der Waals surface area contributed by atoms with Gasteiger partial charge in [0.2, 0.25) is 5.95 Å². The van der Waals surface area contributed by atoms with Gasteiger partial charge in [0.05, 0.1) is 5.56 Å². The first-order chi connectivity index (χ1) is 9.24. The average Bonchev–Trinajstić information content (AvgIpc) is 2.41. The molecule has 19 heavy (non-hydrogen) atoms. The lowest BCUT2D eigenvalue weighted by Gasteiger charge is -2.23. The summed E-state index contributed by atoms with van der Waals surface area (Å²) in [7, 11) is 0. The number of aromatic amines is 1. The zero-order valence-electron chi connectivity index (χ0n) is 10.8. The molecule has 0 aromatic carbocycles. The Labute approximate surface area is 111 Å². The lowest BCUT2D eigenvalue weighted by Crippen LogP contribution is -2.38. The molecule has 3 rings (SSSR count). The Balaban J connectivity index is 1.86. The molecule has 6 heteroatoms. The van der Waals surface area contributed by atoms with E-state index in [1.54, 1.807) is 0 Å². The van der Waals surface area contributed by atoms with Crippen molar-refractivity contribution in [3.63, 3.8) is 0 Å². The molecule has 2 heterocycles. The monoisotopic (exact) mass is 262 g/mol. The number of carbonyl (C=O) groups excluding carboxylic acids is 1. The molecule has 0 spiro atoms. The van der Waals surface area contributed by atoms with Gasteiger partial charge in [-0.3, -0.25) is 14.6 Å². The number of amides is 1. The summed E-state index contributed by atoms with van der Waals surface area (Å²) in [5.74, 6) is 0.173. The van der Waals surface area contributed by atoms with Crippen LogP contribution >= 0.6 is 0 Å². The van der Waals surface area contributed by atoms with Crippen LogP contribution in [0.4, 0.5) is 5.95 Å². The second-order valence-corrected chi connectivity index (χ2v) is 5.23. The van der Waals surface area contributed by atoms with E-state index in [0.29, 0.717) is 30.5 Å². The molecule has 0 radical (unpaired) electrons. The van der Waals surface area contributed by atoms with Crippen LogP contribution in [-0.2, 0) is 6.42 Å². The van der Waals surface area contributed by atoms with Crippen LogP contribution in [0.3, 0.4) is 0 Å². The van der Waals surface area contributed by atoms with Gasteiger partial charge >= 0.3 is 0 Å². The van der Waals surface area contributed by atoms with E-state index in [-0.39, 0.29) is 17.2 Å². The van der Waals surface area contributed by atoms with Crippen LogP contribution in [0.25, 0.3) is 0 Å². The minimum Gasteiger partial charge on any atom is -0.353 e. The number of hydrogen-bond acceptors (Lipinski definition) is 4. The molecule has 1 aromatic rings. The molecular weight excluding hydrogens is 244 g/mol. The molecule has 6 nitrogen and oxygen atoms in total. The number of rotatable bonds is 2. The third-order valence-corrected chi connectivity index (χ3v) is 3.84. The van der Waals surface area contributed by atoms with Crippen molar-refractivity contribution < 1.29 is 4.79 Å². The van der Waals surface area contributed by atoms with Crippen molar-refractivity contribution in [2.45, 2.75) is 44.6 Å². The van der Waals surface area contributed by atoms with E-state index in [0.717, 1.165) is 12.8 Å². The Kier molecular flexibility index (Phi) is 3.23. The highest BCUT2D eigenvalue weighted by atomic mass is 16.2. The SMILES string of the molecule is O=C1NCCc2c1nc(NC1CCCCC1)[nH]c2=O. The summed E-state index contributed by atoms with van der Waals surface area (Å²) in [6.07, 6.45) is 6.41. The molecular formula is C13H18N4O2. The zero-order valence-corrected chi connectivity index (χ0v) is 10.8. The van der Waals surface area contributed by atoms with Gasteiger partial charge in [-0.2, -0.15) is 0 Å². The highest BCUT2D eigenvalue weighted by molar-refractivity contribution is 5.94. The summed E-state index contributed by atoms with van der Waals surface area (Å²) in [4.78, 5) is 30.7. The van der Waals surface area contributed by atoms with Crippen molar-refractivity contribution >= 4 is 11.9 Å². The third kappa shape index (κ3) is 2.47. The Morgan fingerprint density at radius 3 is 2.74 bits per heavy atom. The molecule has 1 aliphatic carbocycles. The van der Waals surface area contributed by atoms with E-state index in [1.165, 1.54) is 19.3 Å². The highest BCUT2D eigenvalue weighted by Gasteiger charge is 2.23. The summed E-state index contributed by atoms with van der Waals surface area (Å²) >= 11 is 0. The van der Waals surface area contributed by atoms with Gasteiger partial charge in [0, 0.05) is 12.6 Å². The van der Waals surface area contributed by atoms with E-state index in [4.69, 9.17) is 0 Å². The predicted octanol–water partition coefficient (Wildman–Crippen LogP) is 0.800. The van der Waals surface area contributed by atoms with E-state index in [1.807, 2.05) is 0 Å². The van der Waals surface area contributed by atoms with E-state index < -0.39 is 0 Å². The van der Waals surface area contributed by atoms with Crippen molar-refractivity contribution in [3.8, 4) is 0 Å². The maximum absolute atomic E-state index is 12.0. The topological polar surface area (TPSA) is 86.9 Å². The van der Waals surface area contributed by atoms with Crippen molar-refractivity contribution in [3.05, 3.63) is 21.6 Å². The lowest BCUT2D eigenvalue weighted by molar-refractivity contribution is 0.0940. The summed E-state index contributed by atoms with van der Waals surface area (Å²) in [6.45, 7) is 0.506. The fourth-order valence-electron chi connectivity index (χ4n) is 2.81. The van der Waals surface area contributed by atoms with Gasteiger partial charge in [-0.25, -0.2) is 4.98 Å². The van der Waals surface area contributed by atoms with Gasteiger partial charge in [-0.05, 0) is 19.3 Å². The number of nitrogens with zero attached hydrogens (tertiary/aromatic N) is 1. The fourth-order valence-corrected chi connectivity index (χ4v) is 2.81. The smallest absolute Gasteiger partial charge is 0.270 e. The minimum absolute atomic E-state index is 0.196. The second kappa shape index (κ2) is 5.03. The van der Waals surface area contributed by atoms with Gasteiger partial charge in [0.15, 0.2) is 0 Å². The lowest BCUT2D eigenvalue weighted by atomic mass is 9.96. The molecule has 2 aliphatic rings. The predicted molar refractivity (Wildman–Crippen MR) is 71.4 cm³/mol. The van der Waals surface area contributed by atoms with Crippen LogP contribution in [0.15, 0.2) is 4.79 Å². The van der Waals surface area contributed by atoms with Gasteiger partial charge in [0.1, 0.15) is 5.69 Å². The summed E-state index contributed by atoms with van der Waals surface area (Å²) < 4.78 is 0. The minimum atomic E-state index is -0.251. The van der Waals surface area contributed by atoms with Gasteiger partial charge < -0.3 is 10.6 Å². The summed E-state index contributed by atoms with van der Waals surface area (Å²) in [5.41, 5.74) is 0.574. The number of nitrogens with one attached hydrogen (secondary N) is 3. The van der Waals surface area contributed by atoms with Crippen LogP contribution in [0.1, 0.15) is 48.2 Å². The molecule has 3 N–H and O–H groups in total. The Morgan fingerprint density at radius 2 is 1.95 bits per heavy atom. The normalized spacial score (nSPS) is 19.7. The molecule has 1 amide bonds. The molecule has 0 atom stereocenters. The second-order valence-electron chi connectivity index (χ2n) is 5.23. The molecule has 1 saturated carbocycles. The number of anilines is 1. The van der Waals surface area contributed by atoms with Gasteiger partial charge in [0.25, 0.3) is 11.5 Å². The molecule has 0 bridgehead atoms. The molecule has 102 valence electrons. The maximum atomic E-state index is 12.0. The van der Waals surface area contributed by atoms with Crippen molar-refractivity contribution in [1.29, 1.82) is 0 Å². The highest BCUT2D eigenvalue weighted by Crippen LogP contribution is 2.20. The molecule has 1 fully saturated rings. The quantitative estimate of drug-likeness (QED) is 0.735. The molecule has 1 aromatic heterocycles. The Bertz CT molecular complexity index is 546. The summed E-state index contributed by atoms with van der Waals surface area (Å²) in [5, 5.41) is 5.96. The number of carbonyl (C=O) groups is 1. The fraction of sp³-hybridized carbons (Fsp3) is 0.615. The first-order valence-electron chi connectivity index (χ1n) is 6.92. The van der Waals surface area contributed by atoms with Crippen LogP contribution in [-0.4, -0.2) is 28.5 Å². The third-order valence-electron chi connectivity index (χ3n) is 3.84. The number of fused-ring (bicyclic) bond motifs is 1. The first kappa shape index (κ1) is 12.2. The van der Waals surface area contributed by atoms with Gasteiger partial charge in [-0.15, -0.1) is 0 Å². The van der Waals surface area contributed by atoms with Crippen LogP contribution in [0.5, 0.6) is 0 Å². The van der Waals surface area contributed by atoms with Crippen LogP contribution in [0, 0.1) is 0 Å². The number of aromatic nitrogens is 2. The van der Waals surface area contributed by atoms with E-state index in [9.17, 15) is 9.59 Å². The Morgan fingerprint density at radius 1 is 1.16 bits per heavy atom. The van der Waals surface area contributed by atoms with E-state index in [2.05, 4.69) is 20.6 Å². The standard InChI is InChI=1S/C13H18N4O2/c18-11-9-6-7-14-12(19)10(9)16-13(17-11)15-8-4-2-1-3-5-8/h8H,1-7H2,(H,14,19)(H2,15,16,17,18). The van der Waals surface area contributed by atoms with E-state index >= 15 is 0 Å². The number of H-pyrrole nitrogens is 1. The number of hydrogen-bond donors (Lipinski definition) is 3. The largest absolute Gasteiger partial charge is 0.353 e. The van der Waals surface area contributed by atoms with Crippen LogP contribution in [0.2, 0.25) is 0 Å². The molecule has 0 unspecified atom stereocenters. The first-order valence-corrected chi connectivity index (χ1v) is 6.92. The summed E-state index contributed by atoms with van der Waals surface area (Å²) in [6, 6.07) is 0.349. The van der Waals surface area contributed by atoms with Crippen molar-refractivity contribution in [2.24, 2.45) is 0 Å². The molecule has 0 saturated heterocycles. The average molecular weight is 262 g/mol. The molecule has 1 aliphatic heterocycles. The Hall–Kier alpha value is -1.85. The van der Waals surface area contributed by atoms with Gasteiger partial charge in [-0.1, -0.05) is 19.3 Å². The van der Waals surface area contributed by atoms with Crippen molar-refractivity contribution in [2.75, 3.05) is 11.9 Å². The maximum Gasteiger partial charge on any atom is 0.270 e. The van der Waals surface area contributed by atoms with Crippen molar-refractivity contribution in [1.82, 2.24) is 15.3 Å².